The highest BCUT2D eigenvalue weighted by Gasteiger charge is 2.10. The molecule has 0 fully saturated rings. The molecule has 114 valence electrons. The first-order chi connectivity index (χ1) is 11.4. The van der Waals surface area contributed by atoms with E-state index < -0.39 is 0 Å². The summed E-state index contributed by atoms with van der Waals surface area (Å²) in [6, 6.07) is 26.7. The van der Waals surface area contributed by atoms with Crippen LogP contribution in [0.1, 0.15) is 22.9 Å². The van der Waals surface area contributed by atoms with Gasteiger partial charge in [0.25, 0.3) is 0 Å². The molecule has 1 heterocycles. The molecule has 3 rings (SSSR count). The van der Waals surface area contributed by atoms with Crippen molar-refractivity contribution in [2.75, 3.05) is 0 Å². The Labute approximate surface area is 136 Å². The molecule has 1 aromatic heterocycles. The van der Waals surface area contributed by atoms with Crippen molar-refractivity contribution in [3.63, 3.8) is 0 Å². The first-order valence-electron chi connectivity index (χ1n) is 7.70. The first-order valence-corrected chi connectivity index (χ1v) is 7.70. The van der Waals surface area contributed by atoms with Crippen LogP contribution in [0, 0.1) is 0 Å². The van der Waals surface area contributed by atoms with Crippen molar-refractivity contribution < 1.29 is 0 Å². The smallest absolute Gasteiger partial charge is 0.0830 e. The summed E-state index contributed by atoms with van der Waals surface area (Å²) in [4.78, 5) is 4.24. The highest BCUT2D eigenvalue weighted by atomic mass is 15.3. The van der Waals surface area contributed by atoms with Gasteiger partial charge in [0, 0.05) is 6.20 Å². The summed E-state index contributed by atoms with van der Waals surface area (Å²) in [5, 5.41) is 4.38. The monoisotopic (exact) mass is 301 g/mol. The van der Waals surface area contributed by atoms with E-state index in [1.165, 1.54) is 11.1 Å². The molecule has 0 bridgehead atoms. The zero-order valence-corrected chi connectivity index (χ0v) is 12.8. The molecule has 3 heteroatoms. The Bertz CT molecular complexity index is 725. The molecule has 0 aliphatic carbocycles. The lowest BCUT2D eigenvalue weighted by molar-refractivity contribution is 0.556. The maximum absolute atomic E-state index is 4.38. The number of hydrogen-bond acceptors (Lipinski definition) is 3. The molecule has 0 amide bonds. The van der Waals surface area contributed by atoms with Crippen molar-refractivity contribution in [3.8, 4) is 0 Å². The van der Waals surface area contributed by atoms with E-state index in [2.05, 4.69) is 64.0 Å². The zero-order valence-electron chi connectivity index (χ0n) is 12.8. The van der Waals surface area contributed by atoms with Crippen molar-refractivity contribution in [2.24, 2.45) is 5.10 Å². The van der Waals surface area contributed by atoms with E-state index in [0.29, 0.717) is 0 Å². The van der Waals surface area contributed by atoms with Gasteiger partial charge in [-0.05, 0) is 29.7 Å². The number of pyridine rings is 1. The molecule has 23 heavy (non-hydrogen) atoms. The minimum Gasteiger partial charge on any atom is -0.302 e. The van der Waals surface area contributed by atoms with Gasteiger partial charge in [0.2, 0.25) is 0 Å². The van der Waals surface area contributed by atoms with Crippen LogP contribution in [0.25, 0.3) is 0 Å². The molecular weight excluding hydrogens is 282 g/mol. The number of rotatable bonds is 6. The minimum absolute atomic E-state index is 0.124. The Hall–Kier alpha value is -2.94. The third kappa shape index (κ3) is 4.51. The lowest BCUT2D eigenvalue weighted by Crippen LogP contribution is -2.18. The van der Waals surface area contributed by atoms with Gasteiger partial charge in [-0.3, -0.25) is 4.98 Å². The molecule has 0 radical (unpaired) electrons. The highest BCUT2D eigenvalue weighted by Crippen LogP contribution is 2.18. The average Bonchev–Trinajstić information content (AvgIpc) is 2.63. The molecule has 0 aliphatic heterocycles. The highest BCUT2D eigenvalue weighted by molar-refractivity contribution is 5.76. The second-order valence-electron chi connectivity index (χ2n) is 5.29. The van der Waals surface area contributed by atoms with E-state index in [9.17, 15) is 0 Å². The van der Waals surface area contributed by atoms with E-state index in [0.717, 1.165) is 12.1 Å². The Morgan fingerprint density at radius 2 is 1.57 bits per heavy atom. The van der Waals surface area contributed by atoms with Gasteiger partial charge < -0.3 is 5.43 Å². The van der Waals surface area contributed by atoms with Gasteiger partial charge in [-0.1, -0.05) is 66.7 Å². The van der Waals surface area contributed by atoms with E-state index >= 15 is 0 Å². The lowest BCUT2D eigenvalue weighted by atomic mass is 9.99. The van der Waals surface area contributed by atoms with E-state index in [1.807, 2.05) is 30.3 Å². The second kappa shape index (κ2) is 7.90. The second-order valence-corrected chi connectivity index (χ2v) is 5.29. The van der Waals surface area contributed by atoms with Crippen molar-refractivity contribution in [3.05, 3.63) is 102 Å². The zero-order chi connectivity index (χ0) is 15.7. The standard InChI is InChI=1S/C20H19N3/c1-3-9-17(10-4-1)15-20(18-11-5-2-6-12-18)23-22-16-19-13-7-8-14-21-19/h1-14,16,20,23H,15H2. The van der Waals surface area contributed by atoms with Crippen LogP contribution in [0.2, 0.25) is 0 Å². The third-order valence-electron chi connectivity index (χ3n) is 3.60. The predicted molar refractivity (Wildman–Crippen MR) is 94.3 cm³/mol. The average molecular weight is 301 g/mol. The number of hydrogen-bond donors (Lipinski definition) is 1. The van der Waals surface area contributed by atoms with Crippen molar-refractivity contribution in [1.29, 1.82) is 0 Å². The van der Waals surface area contributed by atoms with Crippen molar-refractivity contribution >= 4 is 6.21 Å². The quantitative estimate of drug-likeness (QED) is 0.552. The number of benzene rings is 2. The van der Waals surface area contributed by atoms with E-state index in [1.54, 1.807) is 12.4 Å². The van der Waals surface area contributed by atoms with Crippen LogP contribution in [0.5, 0.6) is 0 Å². The topological polar surface area (TPSA) is 37.3 Å². The fourth-order valence-corrected chi connectivity index (χ4v) is 2.42. The summed E-state index contributed by atoms with van der Waals surface area (Å²) in [5.74, 6) is 0. The van der Waals surface area contributed by atoms with Gasteiger partial charge in [-0.2, -0.15) is 5.10 Å². The normalized spacial score (nSPS) is 12.2. The maximum Gasteiger partial charge on any atom is 0.0830 e. The van der Waals surface area contributed by atoms with Gasteiger partial charge in [0.15, 0.2) is 0 Å². The molecule has 2 aromatic carbocycles. The van der Waals surface area contributed by atoms with Gasteiger partial charge in [-0.15, -0.1) is 0 Å². The van der Waals surface area contributed by atoms with Gasteiger partial charge >= 0.3 is 0 Å². The summed E-state index contributed by atoms with van der Waals surface area (Å²) >= 11 is 0. The largest absolute Gasteiger partial charge is 0.302 e. The molecule has 0 spiro atoms. The van der Waals surface area contributed by atoms with Gasteiger partial charge in [0.05, 0.1) is 18.0 Å². The Morgan fingerprint density at radius 3 is 2.26 bits per heavy atom. The number of nitrogens with one attached hydrogen (secondary N) is 1. The molecule has 3 aromatic rings. The molecule has 3 nitrogen and oxygen atoms in total. The molecule has 1 atom stereocenters. The molecular formula is C20H19N3. The molecule has 0 aliphatic rings. The number of aromatic nitrogens is 1. The van der Waals surface area contributed by atoms with Crippen molar-refractivity contribution in [2.45, 2.75) is 12.5 Å². The fraction of sp³-hybridized carbons (Fsp3) is 0.100. The SMILES string of the molecule is C(=NNC(Cc1ccccc1)c1ccccc1)c1ccccn1. The summed E-state index contributed by atoms with van der Waals surface area (Å²) < 4.78 is 0. The van der Waals surface area contributed by atoms with Crippen LogP contribution in [-0.4, -0.2) is 11.2 Å². The Balaban J connectivity index is 1.74. The van der Waals surface area contributed by atoms with Crippen LogP contribution in [0.4, 0.5) is 0 Å². The van der Waals surface area contributed by atoms with Crippen LogP contribution in [0.15, 0.2) is 90.2 Å². The van der Waals surface area contributed by atoms with E-state index in [4.69, 9.17) is 0 Å². The Morgan fingerprint density at radius 1 is 0.870 bits per heavy atom. The number of nitrogens with zero attached hydrogens (tertiary/aromatic N) is 2. The lowest BCUT2D eigenvalue weighted by Gasteiger charge is -2.17. The van der Waals surface area contributed by atoms with Crippen LogP contribution >= 0.6 is 0 Å². The number of hydrazone groups is 1. The minimum atomic E-state index is 0.124. The molecule has 1 unspecified atom stereocenters. The summed E-state index contributed by atoms with van der Waals surface area (Å²) in [6.07, 6.45) is 4.39. The van der Waals surface area contributed by atoms with E-state index in [-0.39, 0.29) is 6.04 Å². The fourth-order valence-electron chi connectivity index (χ4n) is 2.42. The molecule has 1 N–H and O–H groups in total. The van der Waals surface area contributed by atoms with Crippen LogP contribution < -0.4 is 5.43 Å². The summed E-state index contributed by atoms with van der Waals surface area (Å²) in [7, 11) is 0. The van der Waals surface area contributed by atoms with Crippen LogP contribution in [-0.2, 0) is 6.42 Å². The van der Waals surface area contributed by atoms with Gasteiger partial charge in [0.1, 0.15) is 0 Å². The van der Waals surface area contributed by atoms with Crippen LogP contribution in [0.3, 0.4) is 0 Å². The predicted octanol–water partition coefficient (Wildman–Crippen LogP) is 3.99. The summed E-state index contributed by atoms with van der Waals surface area (Å²) in [5.41, 5.74) is 6.60. The first kappa shape index (κ1) is 15.0. The Kier molecular flexibility index (Phi) is 5.14. The third-order valence-corrected chi connectivity index (χ3v) is 3.60. The summed E-state index contributed by atoms with van der Waals surface area (Å²) in [6.45, 7) is 0. The maximum atomic E-state index is 4.38. The molecule has 0 saturated heterocycles. The molecule has 0 saturated carbocycles. The van der Waals surface area contributed by atoms with Gasteiger partial charge in [-0.25, -0.2) is 0 Å². The van der Waals surface area contributed by atoms with Crippen molar-refractivity contribution in [1.82, 2.24) is 10.4 Å².